The SMILES string of the molecule is CCc1nc(CSc2cccc(C)c2)nc(Cl)c1Br. The smallest absolute Gasteiger partial charge is 0.147 e. The summed E-state index contributed by atoms with van der Waals surface area (Å²) in [5.41, 5.74) is 2.22. The summed E-state index contributed by atoms with van der Waals surface area (Å²) in [4.78, 5) is 10.1. The van der Waals surface area contributed by atoms with Crippen molar-refractivity contribution in [2.75, 3.05) is 0 Å². The van der Waals surface area contributed by atoms with Crippen molar-refractivity contribution in [2.24, 2.45) is 0 Å². The third-order valence-electron chi connectivity index (χ3n) is 2.62. The molecule has 2 rings (SSSR count). The van der Waals surface area contributed by atoms with Crippen LogP contribution in [0.25, 0.3) is 0 Å². The van der Waals surface area contributed by atoms with Gasteiger partial charge in [0, 0.05) is 4.90 Å². The minimum absolute atomic E-state index is 0.492. The van der Waals surface area contributed by atoms with Crippen molar-refractivity contribution >= 4 is 39.3 Å². The van der Waals surface area contributed by atoms with Gasteiger partial charge in [0.1, 0.15) is 11.0 Å². The molecular formula is C14H14BrClN2S. The monoisotopic (exact) mass is 356 g/mol. The average molecular weight is 358 g/mol. The molecule has 0 N–H and O–H groups in total. The van der Waals surface area contributed by atoms with E-state index in [9.17, 15) is 0 Å². The topological polar surface area (TPSA) is 25.8 Å². The maximum Gasteiger partial charge on any atom is 0.147 e. The first-order chi connectivity index (χ1) is 9.10. The van der Waals surface area contributed by atoms with Gasteiger partial charge in [-0.05, 0) is 41.4 Å². The van der Waals surface area contributed by atoms with Crippen LogP contribution in [0.15, 0.2) is 33.6 Å². The fourth-order valence-corrected chi connectivity index (χ4v) is 3.20. The highest BCUT2D eigenvalue weighted by atomic mass is 79.9. The molecule has 19 heavy (non-hydrogen) atoms. The number of hydrogen-bond acceptors (Lipinski definition) is 3. The lowest BCUT2D eigenvalue weighted by atomic mass is 10.2. The summed E-state index contributed by atoms with van der Waals surface area (Å²) in [5, 5.41) is 0.492. The van der Waals surface area contributed by atoms with Gasteiger partial charge in [-0.2, -0.15) is 0 Å². The maximum absolute atomic E-state index is 6.10. The van der Waals surface area contributed by atoms with E-state index in [-0.39, 0.29) is 0 Å². The molecule has 0 aliphatic heterocycles. The highest BCUT2D eigenvalue weighted by Gasteiger charge is 2.09. The highest BCUT2D eigenvalue weighted by molar-refractivity contribution is 9.10. The number of aromatic nitrogens is 2. The Bertz CT molecular complexity index is 590. The molecule has 0 unspecified atom stereocenters. The van der Waals surface area contributed by atoms with Gasteiger partial charge >= 0.3 is 0 Å². The second-order valence-electron chi connectivity index (χ2n) is 4.15. The summed E-state index contributed by atoms with van der Waals surface area (Å²) >= 11 is 11.2. The molecule has 2 aromatic rings. The summed E-state index contributed by atoms with van der Waals surface area (Å²) < 4.78 is 0.806. The number of benzene rings is 1. The quantitative estimate of drug-likeness (QED) is 0.565. The van der Waals surface area contributed by atoms with Gasteiger partial charge in [0.05, 0.1) is 15.9 Å². The van der Waals surface area contributed by atoms with Crippen LogP contribution in [0.4, 0.5) is 0 Å². The zero-order valence-electron chi connectivity index (χ0n) is 10.8. The van der Waals surface area contributed by atoms with Gasteiger partial charge in [-0.1, -0.05) is 36.2 Å². The molecule has 1 aromatic carbocycles. The predicted molar refractivity (Wildman–Crippen MR) is 84.9 cm³/mol. The zero-order valence-corrected chi connectivity index (χ0v) is 13.9. The summed E-state index contributed by atoms with van der Waals surface area (Å²) in [6.07, 6.45) is 0.838. The lowest BCUT2D eigenvalue weighted by molar-refractivity contribution is 0.928. The van der Waals surface area contributed by atoms with Gasteiger partial charge in [0.2, 0.25) is 0 Å². The molecular weight excluding hydrogens is 344 g/mol. The van der Waals surface area contributed by atoms with Crippen LogP contribution < -0.4 is 0 Å². The Kier molecular flexibility index (Phi) is 5.25. The average Bonchev–Trinajstić information content (AvgIpc) is 2.40. The second kappa shape index (κ2) is 6.73. The molecule has 100 valence electrons. The Balaban J connectivity index is 2.13. The van der Waals surface area contributed by atoms with Gasteiger partial charge in [-0.25, -0.2) is 9.97 Å². The molecule has 0 spiro atoms. The van der Waals surface area contributed by atoms with Gasteiger partial charge in [-0.3, -0.25) is 0 Å². The fraction of sp³-hybridized carbons (Fsp3) is 0.286. The molecule has 0 radical (unpaired) electrons. The molecule has 5 heteroatoms. The van der Waals surface area contributed by atoms with Crippen molar-refractivity contribution in [1.29, 1.82) is 0 Å². The Labute approximate surface area is 131 Å². The molecule has 0 amide bonds. The molecule has 1 aromatic heterocycles. The van der Waals surface area contributed by atoms with E-state index in [1.165, 1.54) is 10.5 Å². The van der Waals surface area contributed by atoms with Crippen LogP contribution in [0, 0.1) is 6.92 Å². The predicted octanol–water partition coefficient (Wildman–Crippen LogP) is 5.06. The molecule has 2 nitrogen and oxygen atoms in total. The van der Waals surface area contributed by atoms with Crippen LogP contribution in [0.3, 0.4) is 0 Å². The first-order valence-corrected chi connectivity index (χ1v) is 8.16. The van der Waals surface area contributed by atoms with Gasteiger partial charge in [0.15, 0.2) is 0 Å². The Morgan fingerprint density at radius 2 is 2.11 bits per heavy atom. The number of nitrogens with zero attached hydrogens (tertiary/aromatic N) is 2. The standard InChI is InChI=1S/C14H14BrClN2S/c1-3-11-13(15)14(16)18-12(17-11)8-19-10-6-4-5-9(2)7-10/h4-7H,3,8H2,1-2H3. The van der Waals surface area contributed by atoms with Gasteiger partial charge in [-0.15, -0.1) is 11.8 Å². The second-order valence-corrected chi connectivity index (χ2v) is 6.35. The summed E-state index contributed by atoms with van der Waals surface area (Å²) in [7, 11) is 0. The third kappa shape index (κ3) is 3.94. The Hall–Kier alpha value is -0.580. The van der Waals surface area contributed by atoms with Crippen LogP contribution in [-0.2, 0) is 12.2 Å². The van der Waals surface area contributed by atoms with Crippen molar-refractivity contribution in [3.8, 4) is 0 Å². The lowest BCUT2D eigenvalue weighted by Crippen LogP contribution is -1.99. The van der Waals surface area contributed by atoms with Crippen molar-refractivity contribution in [3.05, 3.63) is 51.0 Å². The van der Waals surface area contributed by atoms with E-state index >= 15 is 0 Å². The van der Waals surface area contributed by atoms with Crippen LogP contribution in [0.1, 0.15) is 24.0 Å². The van der Waals surface area contributed by atoms with E-state index in [1.54, 1.807) is 11.8 Å². The number of thioether (sulfide) groups is 1. The van der Waals surface area contributed by atoms with E-state index in [0.29, 0.717) is 5.15 Å². The van der Waals surface area contributed by atoms with Crippen LogP contribution in [0.5, 0.6) is 0 Å². The molecule has 1 heterocycles. The number of rotatable bonds is 4. The largest absolute Gasteiger partial charge is 0.236 e. The number of aryl methyl sites for hydroxylation is 2. The Morgan fingerprint density at radius 1 is 1.32 bits per heavy atom. The lowest BCUT2D eigenvalue weighted by Gasteiger charge is -2.07. The minimum Gasteiger partial charge on any atom is -0.236 e. The molecule has 0 aliphatic rings. The minimum atomic E-state index is 0.492. The van der Waals surface area contributed by atoms with Gasteiger partial charge in [0.25, 0.3) is 0 Å². The fourth-order valence-electron chi connectivity index (χ4n) is 1.66. The van der Waals surface area contributed by atoms with E-state index < -0.39 is 0 Å². The molecule has 0 bridgehead atoms. The zero-order chi connectivity index (χ0) is 13.8. The van der Waals surface area contributed by atoms with Crippen LogP contribution in [0.2, 0.25) is 5.15 Å². The summed E-state index contributed by atoms with van der Waals surface area (Å²) in [6.45, 7) is 4.15. The third-order valence-corrected chi connectivity index (χ3v) is 4.94. The van der Waals surface area contributed by atoms with E-state index in [1.807, 2.05) is 0 Å². The van der Waals surface area contributed by atoms with E-state index in [0.717, 1.165) is 28.2 Å². The first-order valence-electron chi connectivity index (χ1n) is 6.00. The number of halogens is 2. The van der Waals surface area contributed by atoms with Crippen LogP contribution in [-0.4, -0.2) is 9.97 Å². The van der Waals surface area contributed by atoms with Crippen molar-refractivity contribution < 1.29 is 0 Å². The van der Waals surface area contributed by atoms with Crippen LogP contribution >= 0.6 is 39.3 Å². The molecule has 0 saturated carbocycles. The summed E-state index contributed by atoms with van der Waals surface area (Å²) in [5.74, 6) is 1.50. The molecule has 0 saturated heterocycles. The van der Waals surface area contributed by atoms with Crippen molar-refractivity contribution in [2.45, 2.75) is 30.9 Å². The summed E-state index contributed by atoms with van der Waals surface area (Å²) in [6, 6.07) is 8.40. The highest BCUT2D eigenvalue weighted by Crippen LogP contribution is 2.27. The molecule has 0 aliphatic carbocycles. The molecule has 0 atom stereocenters. The van der Waals surface area contributed by atoms with Gasteiger partial charge < -0.3 is 0 Å². The van der Waals surface area contributed by atoms with E-state index in [2.05, 4.69) is 64.0 Å². The van der Waals surface area contributed by atoms with Crippen molar-refractivity contribution in [3.63, 3.8) is 0 Å². The van der Waals surface area contributed by atoms with Crippen molar-refractivity contribution in [1.82, 2.24) is 9.97 Å². The first kappa shape index (κ1) is 14.8. The normalized spacial score (nSPS) is 10.7. The maximum atomic E-state index is 6.10. The Morgan fingerprint density at radius 3 is 2.79 bits per heavy atom. The number of hydrogen-bond donors (Lipinski definition) is 0. The van der Waals surface area contributed by atoms with E-state index in [4.69, 9.17) is 11.6 Å². The molecule has 0 fully saturated rings.